The van der Waals surface area contributed by atoms with Crippen LogP contribution in [0.5, 0.6) is 5.75 Å². The highest BCUT2D eigenvalue weighted by molar-refractivity contribution is 6.31. The van der Waals surface area contributed by atoms with E-state index in [0.29, 0.717) is 16.5 Å². The van der Waals surface area contributed by atoms with Gasteiger partial charge in [0, 0.05) is 28.4 Å². The lowest BCUT2D eigenvalue weighted by molar-refractivity contribution is 0.305. The smallest absolute Gasteiger partial charge is 0.128 e. The van der Waals surface area contributed by atoms with E-state index in [-0.39, 0.29) is 6.61 Å². The predicted octanol–water partition coefficient (Wildman–Crippen LogP) is 3.64. The lowest BCUT2D eigenvalue weighted by Gasteiger charge is -2.08. The van der Waals surface area contributed by atoms with Crippen LogP contribution in [0.2, 0.25) is 5.02 Å². The third kappa shape index (κ3) is 3.11. The van der Waals surface area contributed by atoms with Gasteiger partial charge in [-0.3, -0.25) is 0 Å². The Kier molecular flexibility index (Phi) is 3.49. The number of halogens is 2. The first-order valence-electron chi connectivity index (χ1n) is 5.07. The molecule has 0 aliphatic heterocycles. The summed E-state index contributed by atoms with van der Waals surface area (Å²) < 4.78 is 18.5. The van der Waals surface area contributed by atoms with Gasteiger partial charge in [0.05, 0.1) is 0 Å². The monoisotopic (exact) mass is 251 g/mol. The van der Waals surface area contributed by atoms with Gasteiger partial charge in [-0.1, -0.05) is 29.8 Å². The zero-order chi connectivity index (χ0) is 12.3. The molecule has 0 saturated carbocycles. The summed E-state index contributed by atoms with van der Waals surface area (Å²) in [6.07, 6.45) is 0. The van der Waals surface area contributed by atoms with Crippen LogP contribution in [-0.4, -0.2) is 0 Å². The lowest BCUT2D eigenvalue weighted by Crippen LogP contribution is -1.97. The van der Waals surface area contributed by atoms with Crippen LogP contribution in [0.15, 0.2) is 42.5 Å². The van der Waals surface area contributed by atoms with Crippen molar-refractivity contribution >= 4 is 17.3 Å². The minimum absolute atomic E-state index is 0.280. The fourth-order valence-corrected chi connectivity index (χ4v) is 1.63. The van der Waals surface area contributed by atoms with Crippen molar-refractivity contribution in [3.05, 3.63) is 58.9 Å². The number of benzene rings is 2. The quantitative estimate of drug-likeness (QED) is 0.846. The molecule has 0 amide bonds. The molecule has 0 aliphatic carbocycles. The SMILES string of the molecule is Nc1cc(F)cc(OCc2ccccc2Cl)c1. The molecule has 2 aromatic rings. The van der Waals surface area contributed by atoms with Crippen molar-refractivity contribution in [1.82, 2.24) is 0 Å². The van der Waals surface area contributed by atoms with Gasteiger partial charge >= 0.3 is 0 Å². The van der Waals surface area contributed by atoms with Crippen molar-refractivity contribution in [2.24, 2.45) is 0 Å². The van der Waals surface area contributed by atoms with Crippen molar-refractivity contribution in [3.63, 3.8) is 0 Å². The first kappa shape index (κ1) is 11.7. The molecule has 0 radical (unpaired) electrons. The minimum atomic E-state index is -0.417. The maximum Gasteiger partial charge on any atom is 0.128 e. The van der Waals surface area contributed by atoms with Crippen molar-refractivity contribution < 1.29 is 9.13 Å². The Morgan fingerprint density at radius 1 is 1.18 bits per heavy atom. The van der Waals surface area contributed by atoms with E-state index in [1.165, 1.54) is 12.1 Å². The molecule has 2 nitrogen and oxygen atoms in total. The van der Waals surface area contributed by atoms with Gasteiger partial charge in [-0.15, -0.1) is 0 Å². The second-order valence-electron chi connectivity index (χ2n) is 3.60. The van der Waals surface area contributed by atoms with Crippen molar-refractivity contribution in [2.75, 3.05) is 5.73 Å². The summed E-state index contributed by atoms with van der Waals surface area (Å²) >= 11 is 5.97. The van der Waals surface area contributed by atoms with Gasteiger partial charge in [-0.05, 0) is 12.1 Å². The Bertz CT molecular complexity index is 510. The van der Waals surface area contributed by atoms with Crippen LogP contribution >= 0.6 is 11.6 Å². The number of hydrogen-bond acceptors (Lipinski definition) is 2. The van der Waals surface area contributed by atoms with E-state index in [4.69, 9.17) is 22.1 Å². The molecule has 2 rings (SSSR count). The van der Waals surface area contributed by atoms with Crippen LogP contribution < -0.4 is 10.5 Å². The molecule has 0 atom stereocenters. The standard InChI is InChI=1S/C13H11ClFNO/c14-13-4-2-1-3-9(13)8-17-12-6-10(15)5-11(16)7-12/h1-7H,8,16H2. The number of anilines is 1. The van der Waals surface area contributed by atoms with Gasteiger partial charge in [0.2, 0.25) is 0 Å². The summed E-state index contributed by atoms with van der Waals surface area (Å²) in [5.74, 6) is -0.0263. The number of hydrogen-bond donors (Lipinski definition) is 1. The van der Waals surface area contributed by atoms with Gasteiger partial charge in [-0.25, -0.2) is 4.39 Å². The second-order valence-corrected chi connectivity index (χ2v) is 4.01. The molecule has 2 aromatic carbocycles. The van der Waals surface area contributed by atoms with E-state index >= 15 is 0 Å². The third-order valence-electron chi connectivity index (χ3n) is 2.25. The summed E-state index contributed by atoms with van der Waals surface area (Å²) in [6, 6.07) is 11.4. The van der Waals surface area contributed by atoms with Crippen LogP contribution in [-0.2, 0) is 6.61 Å². The first-order chi connectivity index (χ1) is 8.15. The zero-order valence-corrected chi connectivity index (χ0v) is 9.75. The zero-order valence-electron chi connectivity index (χ0n) is 8.99. The number of ether oxygens (including phenoxy) is 1. The lowest BCUT2D eigenvalue weighted by atomic mass is 10.2. The normalized spacial score (nSPS) is 10.2. The van der Waals surface area contributed by atoms with Crippen LogP contribution in [0.25, 0.3) is 0 Å². The van der Waals surface area contributed by atoms with Crippen LogP contribution in [0.3, 0.4) is 0 Å². The third-order valence-corrected chi connectivity index (χ3v) is 2.61. The number of nitrogens with two attached hydrogens (primary N) is 1. The van der Waals surface area contributed by atoms with Crippen LogP contribution in [0.4, 0.5) is 10.1 Å². The molecule has 0 unspecified atom stereocenters. The number of rotatable bonds is 3. The molecule has 0 spiro atoms. The molecule has 4 heteroatoms. The Hall–Kier alpha value is -1.74. The Balaban J connectivity index is 2.10. The van der Waals surface area contributed by atoms with Crippen LogP contribution in [0.1, 0.15) is 5.56 Å². The molecule has 17 heavy (non-hydrogen) atoms. The average Bonchev–Trinajstić information content (AvgIpc) is 2.27. The van der Waals surface area contributed by atoms with Gasteiger partial charge in [0.1, 0.15) is 18.2 Å². The summed E-state index contributed by atoms with van der Waals surface area (Å²) in [5.41, 5.74) is 6.69. The maximum atomic E-state index is 13.0. The van der Waals surface area contributed by atoms with E-state index in [2.05, 4.69) is 0 Å². The highest BCUT2D eigenvalue weighted by atomic mass is 35.5. The second kappa shape index (κ2) is 5.06. The molecule has 2 N–H and O–H groups in total. The van der Waals surface area contributed by atoms with E-state index in [9.17, 15) is 4.39 Å². The fraction of sp³-hybridized carbons (Fsp3) is 0.0769. The highest BCUT2D eigenvalue weighted by Gasteiger charge is 2.02. The fourth-order valence-electron chi connectivity index (χ4n) is 1.44. The molecular weight excluding hydrogens is 241 g/mol. The Labute approximate surface area is 104 Å². The maximum absolute atomic E-state index is 13.0. The molecule has 0 aromatic heterocycles. The van der Waals surface area contributed by atoms with E-state index < -0.39 is 5.82 Å². The largest absolute Gasteiger partial charge is 0.489 e. The molecule has 0 aliphatic rings. The minimum Gasteiger partial charge on any atom is -0.489 e. The van der Waals surface area contributed by atoms with Gasteiger partial charge < -0.3 is 10.5 Å². The topological polar surface area (TPSA) is 35.2 Å². The van der Waals surface area contributed by atoms with Crippen molar-refractivity contribution in [3.8, 4) is 5.75 Å². The Morgan fingerprint density at radius 3 is 2.65 bits per heavy atom. The van der Waals surface area contributed by atoms with E-state index in [1.54, 1.807) is 12.1 Å². The molecule has 88 valence electrons. The van der Waals surface area contributed by atoms with Crippen molar-refractivity contribution in [1.29, 1.82) is 0 Å². The first-order valence-corrected chi connectivity index (χ1v) is 5.45. The van der Waals surface area contributed by atoms with Gasteiger partial charge in [0.25, 0.3) is 0 Å². The molecule has 0 heterocycles. The van der Waals surface area contributed by atoms with E-state index in [0.717, 1.165) is 5.56 Å². The summed E-state index contributed by atoms with van der Waals surface area (Å²) in [6.45, 7) is 0.280. The Morgan fingerprint density at radius 2 is 1.94 bits per heavy atom. The summed E-state index contributed by atoms with van der Waals surface area (Å²) in [7, 11) is 0. The molecule has 0 fully saturated rings. The van der Waals surface area contributed by atoms with Gasteiger partial charge in [-0.2, -0.15) is 0 Å². The average molecular weight is 252 g/mol. The summed E-state index contributed by atoms with van der Waals surface area (Å²) in [4.78, 5) is 0. The van der Waals surface area contributed by atoms with Crippen LogP contribution in [0, 0.1) is 5.82 Å². The summed E-state index contributed by atoms with van der Waals surface area (Å²) in [5, 5.41) is 0.622. The number of nitrogen functional groups attached to an aromatic ring is 1. The highest BCUT2D eigenvalue weighted by Crippen LogP contribution is 2.21. The van der Waals surface area contributed by atoms with E-state index in [1.807, 2.05) is 18.2 Å². The molecule has 0 saturated heterocycles. The molecular formula is C13H11ClFNO. The van der Waals surface area contributed by atoms with Crippen molar-refractivity contribution in [2.45, 2.75) is 6.61 Å². The van der Waals surface area contributed by atoms with Gasteiger partial charge in [0.15, 0.2) is 0 Å². The predicted molar refractivity (Wildman–Crippen MR) is 66.6 cm³/mol. The molecule has 0 bridgehead atoms.